The molecule has 24 heavy (non-hydrogen) atoms. The minimum Gasteiger partial charge on any atom is -0.480 e. The van der Waals surface area contributed by atoms with E-state index in [9.17, 15) is 9.59 Å². The summed E-state index contributed by atoms with van der Waals surface area (Å²) in [5, 5.41) is 3.20. The SMILES string of the molecule is O=C(COC(=O)COc1ccc(Br)cc1Cl)NCC1CCCCC1. The van der Waals surface area contributed by atoms with Gasteiger partial charge < -0.3 is 14.8 Å². The van der Waals surface area contributed by atoms with Crippen LogP contribution in [0, 0.1) is 5.92 Å². The van der Waals surface area contributed by atoms with E-state index in [4.69, 9.17) is 21.1 Å². The van der Waals surface area contributed by atoms with Gasteiger partial charge in [0, 0.05) is 11.0 Å². The Labute approximate surface area is 155 Å². The molecule has 1 amide bonds. The van der Waals surface area contributed by atoms with Crippen molar-refractivity contribution in [3.63, 3.8) is 0 Å². The number of nitrogens with one attached hydrogen (secondary N) is 1. The van der Waals surface area contributed by atoms with Gasteiger partial charge in [0.05, 0.1) is 5.02 Å². The Morgan fingerprint density at radius 2 is 1.96 bits per heavy atom. The molecular weight excluding hydrogens is 398 g/mol. The van der Waals surface area contributed by atoms with Gasteiger partial charge in [-0.25, -0.2) is 4.79 Å². The van der Waals surface area contributed by atoms with Gasteiger partial charge in [-0.05, 0) is 37.0 Å². The lowest BCUT2D eigenvalue weighted by molar-refractivity contribution is -0.150. The van der Waals surface area contributed by atoms with Gasteiger partial charge in [-0.2, -0.15) is 0 Å². The Hall–Kier alpha value is -1.27. The Morgan fingerprint density at radius 3 is 2.67 bits per heavy atom. The predicted molar refractivity (Wildman–Crippen MR) is 95.2 cm³/mol. The Kier molecular flexibility index (Phi) is 7.85. The monoisotopic (exact) mass is 417 g/mol. The van der Waals surface area contributed by atoms with E-state index in [1.165, 1.54) is 19.3 Å². The molecule has 0 atom stereocenters. The van der Waals surface area contributed by atoms with E-state index >= 15 is 0 Å². The average molecular weight is 419 g/mol. The van der Waals surface area contributed by atoms with Crippen LogP contribution in [0.3, 0.4) is 0 Å². The Bertz CT molecular complexity index is 576. The molecule has 0 aromatic heterocycles. The molecule has 7 heteroatoms. The predicted octanol–water partition coefficient (Wildman–Crippen LogP) is 3.72. The number of halogens is 2. The fraction of sp³-hybridized carbons (Fsp3) is 0.529. The van der Waals surface area contributed by atoms with Gasteiger partial charge in [-0.3, -0.25) is 4.79 Å². The van der Waals surface area contributed by atoms with Crippen molar-refractivity contribution in [1.29, 1.82) is 0 Å². The second-order valence-electron chi connectivity index (χ2n) is 5.83. The van der Waals surface area contributed by atoms with Crippen LogP contribution in [0.4, 0.5) is 0 Å². The van der Waals surface area contributed by atoms with Crippen LogP contribution < -0.4 is 10.1 Å². The number of benzene rings is 1. The molecule has 0 bridgehead atoms. The molecule has 1 saturated carbocycles. The van der Waals surface area contributed by atoms with E-state index in [2.05, 4.69) is 21.2 Å². The molecule has 0 saturated heterocycles. The summed E-state index contributed by atoms with van der Waals surface area (Å²) in [5.41, 5.74) is 0. The lowest BCUT2D eigenvalue weighted by Gasteiger charge is -2.21. The third-order valence-corrected chi connectivity index (χ3v) is 4.70. The first-order chi connectivity index (χ1) is 11.5. The largest absolute Gasteiger partial charge is 0.480 e. The van der Waals surface area contributed by atoms with Crippen LogP contribution in [-0.4, -0.2) is 31.6 Å². The van der Waals surface area contributed by atoms with Crippen LogP contribution in [0.25, 0.3) is 0 Å². The summed E-state index contributed by atoms with van der Waals surface area (Å²) in [5.74, 6) is 0.0391. The molecule has 5 nitrogen and oxygen atoms in total. The molecule has 1 aromatic rings. The van der Waals surface area contributed by atoms with Gasteiger partial charge >= 0.3 is 5.97 Å². The van der Waals surface area contributed by atoms with Crippen molar-refractivity contribution in [2.45, 2.75) is 32.1 Å². The first kappa shape index (κ1) is 19.1. The Morgan fingerprint density at radius 1 is 1.21 bits per heavy atom. The average Bonchev–Trinajstić information content (AvgIpc) is 2.58. The maximum absolute atomic E-state index is 11.7. The number of carbonyl (C=O) groups excluding carboxylic acids is 2. The minimum atomic E-state index is -0.609. The zero-order valence-electron chi connectivity index (χ0n) is 13.4. The molecule has 132 valence electrons. The van der Waals surface area contributed by atoms with E-state index in [-0.39, 0.29) is 19.1 Å². The van der Waals surface area contributed by atoms with Crippen LogP contribution in [0.2, 0.25) is 5.02 Å². The van der Waals surface area contributed by atoms with Crippen LogP contribution in [0.5, 0.6) is 5.75 Å². The van der Waals surface area contributed by atoms with Gasteiger partial charge in [0.15, 0.2) is 13.2 Å². The summed E-state index contributed by atoms with van der Waals surface area (Å²) in [6.07, 6.45) is 6.05. The molecule has 2 rings (SSSR count). The number of rotatable bonds is 7. The molecule has 1 fully saturated rings. The highest BCUT2D eigenvalue weighted by Crippen LogP contribution is 2.27. The maximum atomic E-state index is 11.7. The zero-order chi connectivity index (χ0) is 17.4. The molecule has 1 N–H and O–H groups in total. The summed E-state index contributed by atoms with van der Waals surface area (Å²) in [4.78, 5) is 23.3. The van der Waals surface area contributed by atoms with Gasteiger partial charge in [-0.15, -0.1) is 0 Å². The van der Waals surface area contributed by atoms with Crippen molar-refractivity contribution in [3.05, 3.63) is 27.7 Å². The Balaban J connectivity index is 1.62. The molecule has 0 unspecified atom stereocenters. The van der Waals surface area contributed by atoms with Crippen LogP contribution in [-0.2, 0) is 14.3 Å². The van der Waals surface area contributed by atoms with Crippen molar-refractivity contribution >= 4 is 39.4 Å². The highest BCUT2D eigenvalue weighted by atomic mass is 79.9. The second kappa shape index (κ2) is 9.89. The molecule has 1 aromatic carbocycles. The highest BCUT2D eigenvalue weighted by Gasteiger charge is 2.15. The van der Waals surface area contributed by atoms with Crippen LogP contribution in [0.1, 0.15) is 32.1 Å². The standard InChI is InChI=1S/C17H21BrClNO4/c18-13-6-7-15(14(19)8-13)23-11-17(22)24-10-16(21)20-9-12-4-2-1-3-5-12/h6-8,12H,1-5,9-11H2,(H,20,21). The van der Waals surface area contributed by atoms with Crippen molar-refractivity contribution in [1.82, 2.24) is 5.32 Å². The zero-order valence-corrected chi connectivity index (χ0v) is 15.7. The third-order valence-electron chi connectivity index (χ3n) is 3.92. The summed E-state index contributed by atoms with van der Waals surface area (Å²) < 4.78 is 11.0. The van der Waals surface area contributed by atoms with Crippen LogP contribution >= 0.6 is 27.5 Å². The van der Waals surface area contributed by atoms with Crippen molar-refractivity contribution < 1.29 is 19.1 Å². The highest BCUT2D eigenvalue weighted by molar-refractivity contribution is 9.10. The topological polar surface area (TPSA) is 64.6 Å². The maximum Gasteiger partial charge on any atom is 0.344 e. The normalized spacial score (nSPS) is 14.9. The summed E-state index contributed by atoms with van der Waals surface area (Å²) in [6, 6.07) is 5.07. The molecule has 0 spiro atoms. The molecule has 1 aliphatic carbocycles. The number of ether oxygens (including phenoxy) is 2. The fourth-order valence-electron chi connectivity index (χ4n) is 2.62. The van der Waals surface area contributed by atoms with E-state index in [0.717, 1.165) is 17.3 Å². The molecule has 0 aliphatic heterocycles. The fourth-order valence-corrected chi connectivity index (χ4v) is 3.35. The summed E-state index contributed by atoms with van der Waals surface area (Å²) in [6.45, 7) is 0.0711. The lowest BCUT2D eigenvalue weighted by atomic mass is 9.89. The number of amides is 1. The molecule has 0 radical (unpaired) electrons. The first-order valence-electron chi connectivity index (χ1n) is 8.05. The van der Waals surface area contributed by atoms with Crippen LogP contribution in [0.15, 0.2) is 22.7 Å². The van der Waals surface area contributed by atoms with Crippen molar-refractivity contribution in [2.75, 3.05) is 19.8 Å². The molecule has 0 heterocycles. The number of esters is 1. The quantitative estimate of drug-likeness (QED) is 0.685. The molecule has 1 aliphatic rings. The number of carbonyl (C=O) groups is 2. The second-order valence-corrected chi connectivity index (χ2v) is 7.16. The summed E-state index contributed by atoms with van der Waals surface area (Å²) >= 11 is 9.27. The van der Waals surface area contributed by atoms with Crippen molar-refractivity contribution in [3.8, 4) is 5.75 Å². The first-order valence-corrected chi connectivity index (χ1v) is 9.22. The summed E-state index contributed by atoms with van der Waals surface area (Å²) in [7, 11) is 0. The van der Waals surface area contributed by atoms with Gasteiger partial charge in [0.1, 0.15) is 5.75 Å². The van der Waals surface area contributed by atoms with Gasteiger partial charge in [0.2, 0.25) is 0 Å². The van der Waals surface area contributed by atoms with Crippen molar-refractivity contribution in [2.24, 2.45) is 5.92 Å². The van der Waals surface area contributed by atoms with Gasteiger partial charge in [0.25, 0.3) is 5.91 Å². The smallest absolute Gasteiger partial charge is 0.344 e. The number of hydrogen-bond acceptors (Lipinski definition) is 4. The lowest BCUT2D eigenvalue weighted by Crippen LogP contribution is -2.34. The van der Waals surface area contributed by atoms with E-state index < -0.39 is 5.97 Å². The molecular formula is C17H21BrClNO4. The van der Waals surface area contributed by atoms with E-state index in [1.807, 2.05) is 0 Å². The van der Waals surface area contributed by atoms with E-state index in [1.54, 1.807) is 18.2 Å². The van der Waals surface area contributed by atoms with Gasteiger partial charge in [-0.1, -0.05) is 46.8 Å². The third kappa shape index (κ3) is 6.69. The van der Waals surface area contributed by atoms with E-state index in [0.29, 0.717) is 23.2 Å². The number of hydrogen-bond donors (Lipinski definition) is 1. The minimum absolute atomic E-state index is 0.282.